The lowest BCUT2D eigenvalue weighted by Gasteiger charge is -2.26. The molecule has 2 N–H and O–H groups in total. The van der Waals surface area contributed by atoms with E-state index in [1.165, 1.54) is 0 Å². The fourth-order valence-corrected chi connectivity index (χ4v) is 2.42. The van der Waals surface area contributed by atoms with Gasteiger partial charge in [0.25, 0.3) is 5.91 Å². The summed E-state index contributed by atoms with van der Waals surface area (Å²) in [7, 11) is 0. The highest BCUT2D eigenvalue weighted by atomic mass is 16.4. The maximum Gasteiger partial charge on any atom is 0.306 e. The summed E-state index contributed by atoms with van der Waals surface area (Å²) >= 11 is 0. The molecule has 0 aromatic heterocycles. The van der Waals surface area contributed by atoms with Crippen LogP contribution in [-0.4, -0.2) is 23.0 Å². The highest BCUT2D eigenvalue weighted by Gasteiger charge is 2.27. The summed E-state index contributed by atoms with van der Waals surface area (Å²) < 4.78 is 0. The van der Waals surface area contributed by atoms with Gasteiger partial charge in [0, 0.05) is 17.5 Å². The molecule has 0 bridgehead atoms. The Morgan fingerprint density at radius 3 is 2.65 bits per heavy atom. The van der Waals surface area contributed by atoms with Crippen LogP contribution in [0.3, 0.4) is 0 Å². The van der Waals surface area contributed by atoms with Crippen molar-refractivity contribution in [1.82, 2.24) is 5.32 Å². The minimum atomic E-state index is -0.778. The molecule has 1 fully saturated rings. The molecule has 0 radical (unpaired) electrons. The molecule has 4 nitrogen and oxygen atoms in total. The lowest BCUT2D eigenvalue weighted by molar-refractivity contribution is -0.143. The van der Waals surface area contributed by atoms with Crippen LogP contribution in [0.4, 0.5) is 0 Å². The van der Waals surface area contributed by atoms with E-state index in [1.807, 2.05) is 30.3 Å². The average Bonchev–Trinajstić information content (AvgIpc) is 2.46. The quantitative estimate of drug-likeness (QED) is 0.806. The van der Waals surface area contributed by atoms with Gasteiger partial charge in [-0.2, -0.15) is 0 Å². The Hall–Kier alpha value is -2.28. The van der Waals surface area contributed by atoms with Gasteiger partial charge < -0.3 is 10.4 Å². The van der Waals surface area contributed by atoms with Crippen LogP contribution in [0, 0.1) is 17.8 Å². The number of rotatable bonds is 2. The van der Waals surface area contributed by atoms with E-state index in [9.17, 15) is 9.59 Å². The van der Waals surface area contributed by atoms with Crippen LogP contribution in [0.5, 0.6) is 0 Å². The number of nitrogens with one attached hydrogen (secondary N) is 1. The molecule has 1 aliphatic rings. The Morgan fingerprint density at radius 1 is 1.20 bits per heavy atom. The third kappa shape index (κ3) is 4.13. The van der Waals surface area contributed by atoms with Crippen LogP contribution >= 0.6 is 0 Å². The summed E-state index contributed by atoms with van der Waals surface area (Å²) in [6, 6.07) is 9.20. The Balaban J connectivity index is 1.89. The molecular formula is C16H17NO3. The van der Waals surface area contributed by atoms with E-state index in [4.69, 9.17) is 5.11 Å². The van der Waals surface area contributed by atoms with E-state index in [1.54, 1.807) is 0 Å². The lowest BCUT2D eigenvalue weighted by Crippen LogP contribution is -2.39. The molecule has 0 saturated heterocycles. The third-order valence-corrected chi connectivity index (χ3v) is 3.45. The highest BCUT2D eigenvalue weighted by Crippen LogP contribution is 2.24. The molecule has 1 saturated carbocycles. The zero-order valence-electron chi connectivity index (χ0n) is 11.1. The van der Waals surface area contributed by atoms with E-state index in [0.29, 0.717) is 12.8 Å². The van der Waals surface area contributed by atoms with E-state index in [-0.39, 0.29) is 17.9 Å². The average molecular weight is 271 g/mol. The van der Waals surface area contributed by atoms with Crippen LogP contribution in [-0.2, 0) is 9.59 Å². The number of hydrogen-bond donors (Lipinski definition) is 2. The van der Waals surface area contributed by atoms with Crippen molar-refractivity contribution in [1.29, 1.82) is 0 Å². The van der Waals surface area contributed by atoms with Gasteiger partial charge in [0.2, 0.25) is 0 Å². The van der Waals surface area contributed by atoms with Crippen molar-refractivity contribution in [2.75, 3.05) is 0 Å². The van der Waals surface area contributed by atoms with Crippen molar-refractivity contribution in [3.8, 4) is 11.8 Å². The molecule has 2 rings (SSSR count). The second-order valence-electron chi connectivity index (χ2n) is 4.99. The first kappa shape index (κ1) is 14.1. The number of benzene rings is 1. The number of carbonyl (C=O) groups excluding carboxylic acids is 1. The van der Waals surface area contributed by atoms with Gasteiger partial charge in [-0.3, -0.25) is 9.59 Å². The largest absolute Gasteiger partial charge is 0.481 e. The van der Waals surface area contributed by atoms with Gasteiger partial charge in [-0.25, -0.2) is 0 Å². The third-order valence-electron chi connectivity index (χ3n) is 3.45. The molecule has 0 aliphatic heterocycles. The number of carboxylic acid groups (broad SMARTS) is 1. The predicted molar refractivity (Wildman–Crippen MR) is 74.8 cm³/mol. The SMILES string of the molecule is O=C(C#Cc1ccccc1)NC1CCCC(C(=O)O)C1. The summed E-state index contributed by atoms with van der Waals surface area (Å²) in [4.78, 5) is 22.7. The zero-order chi connectivity index (χ0) is 14.4. The molecule has 2 atom stereocenters. The number of aliphatic carboxylic acids is 1. The van der Waals surface area contributed by atoms with E-state index in [2.05, 4.69) is 17.2 Å². The van der Waals surface area contributed by atoms with Crippen molar-refractivity contribution in [2.45, 2.75) is 31.7 Å². The van der Waals surface area contributed by atoms with Gasteiger partial charge in [-0.05, 0) is 31.4 Å². The van der Waals surface area contributed by atoms with E-state index < -0.39 is 5.97 Å². The number of amides is 1. The number of carbonyl (C=O) groups is 2. The summed E-state index contributed by atoms with van der Waals surface area (Å²) in [5.41, 5.74) is 0.787. The van der Waals surface area contributed by atoms with Crippen molar-refractivity contribution in [3.05, 3.63) is 35.9 Å². The first-order valence-corrected chi connectivity index (χ1v) is 6.75. The van der Waals surface area contributed by atoms with Crippen LogP contribution < -0.4 is 5.32 Å². The topological polar surface area (TPSA) is 66.4 Å². The fourth-order valence-electron chi connectivity index (χ4n) is 2.42. The Labute approximate surface area is 118 Å². The van der Waals surface area contributed by atoms with Gasteiger partial charge in [0.1, 0.15) is 0 Å². The van der Waals surface area contributed by atoms with Gasteiger partial charge in [-0.1, -0.05) is 30.5 Å². The van der Waals surface area contributed by atoms with Gasteiger partial charge in [-0.15, -0.1) is 0 Å². The monoisotopic (exact) mass is 271 g/mol. The summed E-state index contributed by atoms with van der Waals surface area (Å²) in [5.74, 6) is 3.86. The number of hydrogen-bond acceptors (Lipinski definition) is 2. The molecular weight excluding hydrogens is 254 g/mol. The Morgan fingerprint density at radius 2 is 1.95 bits per heavy atom. The molecule has 1 aliphatic carbocycles. The lowest BCUT2D eigenvalue weighted by atomic mass is 9.86. The Kier molecular flexibility index (Phi) is 4.78. The second-order valence-corrected chi connectivity index (χ2v) is 4.99. The maximum absolute atomic E-state index is 11.7. The van der Waals surface area contributed by atoms with E-state index >= 15 is 0 Å². The van der Waals surface area contributed by atoms with Gasteiger partial charge >= 0.3 is 5.97 Å². The number of carboxylic acids is 1. The molecule has 104 valence electrons. The van der Waals surface area contributed by atoms with E-state index in [0.717, 1.165) is 18.4 Å². The minimum absolute atomic E-state index is 0.0811. The van der Waals surface area contributed by atoms with Crippen LogP contribution in [0.2, 0.25) is 0 Å². The first-order valence-electron chi connectivity index (χ1n) is 6.75. The summed E-state index contributed by atoms with van der Waals surface area (Å²) in [6.07, 6.45) is 2.84. The van der Waals surface area contributed by atoms with Crippen LogP contribution in [0.1, 0.15) is 31.2 Å². The molecule has 1 aromatic carbocycles. The van der Waals surface area contributed by atoms with Gasteiger partial charge in [0.15, 0.2) is 0 Å². The van der Waals surface area contributed by atoms with Gasteiger partial charge in [0.05, 0.1) is 5.92 Å². The second kappa shape index (κ2) is 6.76. The Bertz CT molecular complexity index is 542. The van der Waals surface area contributed by atoms with Crippen molar-refractivity contribution >= 4 is 11.9 Å². The first-order chi connectivity index (χ1) is 9.65. The summed E-state index contributed by atoms with van der Waals surface area (Å²) in [6.45, 7) is 0. The molecule has 4 heteroatoms. The fraction of sp³-hybridized carbons (Fsp3) is 0.375. The normalized spacial score (nSPS) is 21.4. The van der Waals surface area contributed by atoms with Crippen LogP contribution in [0.15, 0.2) is 30.3 Å². The molecule has 0 heterocycles. The predicted octanol–water partition coefficient (Wildman–Crippen LogP) is 1.80. The molecule has 0 spiro atoms. The highest BCUT2D eigenvalue weighted by molar-refractivity contribution is 5.94. The molecule has 1 aromatic rings. The van der Waals surface area contributed by atoms with Crippen LogP contribution in [0.25, 0.3) is 0 Å². The molecule has 1 amide bonds. The van der Waals surface area contributed by atoms with Crippen molar-refractivity contribution < 1.29 is 14.7 Å². The molecule has 2 unspecified atom stereocenters. The smallest absolute Gasteiger partial charge is 0.306 e. The van der Waals surface area contributed by atoms with Crippen molar-refractivity contribution in [2.24, 2.45) is 5.92 Å². The minimum Gasteiger partial charge on any atom is -0.481 e. The van der Waals surface area contributed by atoms with Crippen molar-refractivity contribution in [3.63, 3.8) is 0 Å². The maximum atomic E-state index is 11.7. The zero-order valence-corrected chi connectivity index (χ0v) is 11.1. The molecule has 20 heavy (non-hydrogen) atoms. The standard InChI is InChI=1S/C16H17NO3/c18-15(10-9-12-5-2-1-3-6-12)17-14-8-4-7-13(11-14)16(19)20/h1-3,5-6,13-14H,4,7-8,11H2,(H,17,18)(H,19,20). The summed E-state index contributed by atoms with van der Waals surface area (Å²) in [5, 5.41) is 11.8.